The van der Waals surface area contributed by atoms with Gasteiger partial charge in [-0.15, -0.1) is 0 Å². The van der Waals surface area contributed by atoms with E-state index in [1.54, 1.807) is 20.1 Å². The molecule has 4 nitrogen and oxygen atoms in total. The van der Waals surface area contributed by atoms with Crippen LogP contribution in [-0.2, 0) is 20.9 Å². The lowest BCUT2D eigenvalue weighted by Gasteiger charge is -2.05. The first-order valence-corrected chi connectivity index (χ1v) is 5.80. The minimum Gasteiger partial charge on any atom is -0.490 e. The van der Waals surface area contributed by atoms with E-state index in [1.807, 2.05) is 24.3 Å². The van der Waals surface area contributed by atoms with E-state index in [4.69, 9.17) is 14.2 Å². The van der Waals surface area contributed by atoms with E-state index in [0.717, 1.165) is 11.3 Å². The zero-order chi connectivity index (χ0) is 13.2. The maximum Gasteiger partial charge on any atom is 0.330 e. The first-order chi connectivity index (χ1) is 8.76. The molecule has 0 spiro atoms. The molecule has 1 rings (SSSR count). The Balaban J connectivity index is 2.39. The number of benzene rings is 1. The summed E-state index contributed by atoms with van der Waals surface area (Å²) in [6, 6.07) is 7.63. The zero-order valence-electron chi connectivity index (χ0n) is 10.7. The van der Waals surface area contributed by atoms with E-state index in [1.165, 1.54) is 6.08 Å². The van der Waals surface area contributed by atoms with Gasteiger partial charge in [0.05, 0.1) is 13.2 Å². The highest BCUT2D eigenvalue weighted by atomic mass is 16.5. The second-order valence-electron chi connectivity index (χ2n) is 3.55. The molecular formula is C14H18O4. The van der Waals surface area contributed by atoms with Crippen LogP contribution in [0.4, 0.5) is 0 Å². The molecule has 1 aromatic carbocycles. The lowest BCUT2D eigenvalue weighted by molar-refractivity contribution is -0.137. The fraction of sp³-hybridized carbons (Fsp3) is 0.357. The summed E-state index contributed by atoms with van der Waals surface area (Å²) in [5, 5.41) is 0. The van der Waals surface area contributed by atoms with Gasteiger partial charge in [-0.2, -0.15) is 0 Å². The normalized spacial score (nSPS) is 10.6. The van der Waals surface area contributed by atoms with Crippen LogP contribution in [0.3, 0.4) is 0 Å². The maximum absolute atomic E-state index is 11.0. The number of esters is 1. The van der Waals surface area contributed by atoms with E-state index in [0.29, 0.717) is 19.8 Å². The summed E-state index contributed by atoms with van der Waals surface area (Å²) >= 11 is 0. The van der Waals surface area contributed by atoms with Crippen molar-refractivity contribution >= 4 is 5.97 Å². The molecule has 0 aromatic heterocycles. The van der Waals surface area contributed by atoms with Crippen molar-refractivity contribution in [1.29, 1.82) is 0 Å². The van der Waals surface area contributed by atoms with Gasteiger partial charge in [0.25, 0.3) is 0 Å². The Kier molecular flexibility index (Phi) is 6.58. The maximum atomic E-state index is 11.0. The molecule has 0 N–H and O–H groups in total. The van der Waals surface area contributed by atoms with Gasteiger partial charge in [-0.05, 0) is 30.7 Å². The number of carbonyl (C=O) groups excluding carboxylic acids is 1. The van der Waals surface area contributed by atoms with Crippen LogP contribution in [0.15, 0.2) is 36.4 Å². The summed E-state index contributed by atoms with van der Waals surface area (Å²) in [6.07, 6.45) is 2.99. The second-order valence-corrected chi connectivity index (χ2v) is 3.55. The average molecular weight is 250 g/mol. The first kappa shape index (κ1) is 14.3. The predicted octanol–water partition coefficient (Wildman–Crippen LogP) is 2.33. The van der Waals surface area contributed by atoms with Gasteiger partial charge in [-0.3, -0.25) is 0 Å². The van der Waals surface area contributed by atoms with Crippen LogP contribution in [0.5, 0.6) is 5.75 Å². The van der Waals surface area contributed by atoms with Gasteiger partial charge in [-0.25, -0.2) is 4.79 Å². The van der Waals surface area contributed by atoms with Crippen molar-refractivity contribution in [2.45, 2.75) is 13.5 Å². The molecule has 0 fully saturated rings. The Morgan fingerprint density at radius 2 is 2.22 bits per heavy atom. The van der Waals surface area contributed by atoms with Gasteiger partial charge in [-0.1, -0.05) is 12.1 Å². The molecule has 0 unspecified atom stereocenters. The summed E-state index contributed by atoms with van der Waals surface area (Å²) in [7, 11) is 1.65. The quantitative estimate of drug-likeness (QED) is 0.550. The molecule has 0 atom stereocenters. The molecule has 0 bridgehead atoms. The topological polar surface area (TPSA) is 44.8 Å². The van der Waals surface area contributed by atoms with Crippen molar-refractivity contribution in [2.75, 3.05) is 20.3 Å². The molecule has 0 aliphatic carbocycles. The highest BCUT2D eigenvalue weighted by Gasteiger charge is 1.96. The van der Waals surface area contributed by atoms with Crippen LogP contribution < -0.4 is 4.74 Å². The molecular weight excluding hydrogens is 232 g/mol. The van der Waals surface area contributed by atoms with Gasteiger partial charge in [0.15, 0.2) is 0 Å². The number of hydrogen-bond acceptors (Lipinski definition) is 4. The Labute approximate surface area is 107 Å². The highest BCUT2D eigenvalue weighted by Crippen LogP contribution is 2.13. The SMILES string of the molecule is CCOC(=O)/C=C/COc1cccc(COC)c1. The first-order valence-electron chi connectivity index (χ1n) is 5.80. The van der Waals surface area contributed by atoms with Gasteiger partial charge < -0.3 is 14.2 Å². The summed E-state index contributed by atoms with van der Waals surface area (Å²) < 4.78 is 15.3. The molecule has 1 aromatic rings. The van der Waals surface area contributed by atoms with Crippen molar-refractivity contribution in [3.63, 3.8) is 0 Å². The molecule has 0 aliphatic heterocycles. The lowest BCUT2D eigenvalue weighted by atomic mass is 10.2. The highest BCUT2D eigenvalue weighted by molar-refractivity contribution is 5.81. The van der Waals surface area contributed by atoms with Crippen molar-refractivity contribution in [3.8, 4) is 5.75 Å². The molecule has 98 valence electrons. The Bertz CT molecular complexity index is 399. The number of carbonyl (C=O) groups is 1. The van der Waals surface area contributed by atoms with Crippen molar-refractivity contribution in [2.24, 2.45) is 0 Å². The smallest absolute Gasteiger partial charge is 0.330 e. The van der Waals surface area contributed by atoms with Gasteiger partial charge in [0.2, 0.25) is 0 Å². The zero-order valence-corrected chi connectivity index (χ0v) is 10.7. The number of hydrogen-bond donors (Lipinski definition) is 0. The van der Waals surface area contributed by atoms with E-state index < -0.39 is 0 Å². The molecule has 0 radical (unpaired) electrons. The molecule has 0 saturated heterocycles. The van der Waals surface area contributed by atoms with Crippen LogP contribution in [-0.4, -0.2) is 26.3 Å². The summed E-state index contributed by atoms with van der Waals surface area (Å²) in [6.45, 7) is 3.03. The molecule has 4 heteroatoms. The third-order valence-electron chi connectivity index (χ3n) is 2.10. The van der Waals surface area contributed by atoms with E-state index in [9.17, 15) is 4.79 Å². The van der Waals surface area contributed by atoms with E-state index in [-0.39, 0.29) is 5.97 Å². The van der Waals surface area contributed by atoms with E-state index >= 15 is 0 Å². The molecule has 18 heavy (non-hydrogen) atoms. The van der Waals surface area contributed by atoms with Crippen LogP contribution in [0.2, 0.25) is 0 Å². The molecule has 0 heterocycles. The summed E-state index contributed by atoms with van der Waals surface area (Å²) in [5.41, 5.74) is 1.05. The molecule has 0 amide bonds. The van der Waals surface area contributed by atoms with Gasteiger partial charge in [0, 0.05) is 13.2 Å². The van der Waals surface area contributed by atoms with Crippen LogP contribution in [0.25, 0.3) is 0 Å². The second kappa shape index (κ2) is 8.31. The van der Waals surface area contributed by atoms with Crippen LogP contribution >= 0.6 is 0 Å². The Morgan fingerprint density at radius 1 is 1.39 bits per heavy atom. The van der Waals surface area contributed by atoms with Gasteiger partial charge >= 0.3 is 5.97 Å². The van der Waals surface area contributed by atoms with Gasteiger partial charge in [0.1, 0.15) is 12.4 Å². The minimum atomic E-state index is -0.353. The number of ether oxygens (including phenoxy) is 3. The van der Waals surface area contributed by atoms with Crippen LogP contribution in [0.1, 0.15) is 12.5 Å². The molecule has 0 saturated carbocycles. The fourth-order valence-electron chi connectivity index (χ4n) is 1.37. The minimum absolute atomic E-state index is 0.329. The fourth-order valence-corrected chi connectivity index (χ4v) is 1.37. The number of rotatable bonds is 7. The average Bonchev–Trinajstić information content (AvgIpc) is 2.36. The molecule has 0 aliphatic rings. The van der Waals surface area contributed by atoms with Crippen molar-refractivity contribution in [1.82, 2.24) is 0 Å². The van der Waals surface area contributed by atoms with E-state index in [2.05, 4.69) is 0 Å². The lowest BCUT2D eigenvalue weighted by Crippen LogP contribution is -2.01. The van der Waals surface area contributed by atoms with Crippen molar-refractivity contribution in [3.05, 3.63) is 42.0 Å². The monoisotopic (exact) mass is 250 g/mol. The largest absolute Gasteiger partial charge is 0.490 e. The Hall–Kier alpha value is -1.81. The third kappa shape index (κ3) is 5.50. The predicted molar refractivity (Wildman–Crippen MR) is 68.4 cm³/mol. The standard InChI is InChI=1S/C14H18O4/c1-3-17-14(15)8-5-9-18-13-7-4-6-12(10-13)11-16-2/h4-8,10H,3,9,11H2,1-2H3/b8-5+. The summed E-state index contributed by atoms with van der Waals surface area (Å²) in [5.74, 6) is 0.396. The van der Waals surface area contributed by atoms with Crippen LogP contribution in [0, 0.1) is 0 Å². The van der Waals surface area contributed by atoms with Crippen molar-refractivity contribution < 1.29 is 19.0 Å². The summed E-state index contributed by atoms with van der Waals surface area (Å²) in [4.78, 5) is 11.0. The Morgan fingerprint density at radius 3 is 2.94 bits per heavy atom. The number of methoxy groups -OCH3 is 1. The third-order valence-corrected chi connectivity index (χ3v) is 2.10.